The highest BCUT2D eigenvalue weighted by Gasteiger charge is 2.69. The molecule has 4 saturated carbocycles. The molecule has 5 fully saturated rings. The molecule has 1 heterocycles. The number of allylic oxidation sites excluding steroid dienone is 3. The molecule has 1 aromatic carbocycles. The molecule has 8 heteroatoms. The number of amides is 1. The number of hydrogen-bond acceptors (Lipinski definition) is 5. The average molecular weight is 853 g/mol. The fraction of sp³-hybridized carbons (Fsp3) is 0.623. The molecule has 10 atom stereocenters. The van der Waals surface area contributed by atoms with Gasteiger partial charge in [-0.3, -0.25) is 4.79 Å². The van der Waals surface area contributed by atoms with Crippen molar-refractivity contribution >= 4 is 27.3 Å². The summed E-state index contributed by atoms with van der Waals surface area (Å²) in [5, 5.41) is 16.7. The van der Waals surface area contributed by atoms with Crippen molar-refractivity contribution in [3.05, 3.63) is 54.1 Å². The van der Waals surface area contributed by atoms with E-state index in [1.807, 2.05) is 19.1 Å². The molecule has 7 rings (SSSR count). The molecular weight excluding hydrogens is 777 g/mol. The summed E-state index contributed by atoms with van der Waals surface area (Å²) in [5.41, 5.74) is 3.30. The standard InChI is InChI=1S/C42H62N2O5S.C3H6.4C2H2/c1-26(2)35(43-29-18-24-50(48,49)25-29)36(45)44-42-19-8-9-32(42)31-14-15-34-39(5)20-16-30(27-10-12-28(13-11-27)37(46)47)38(3,4)33(39)17-21-41(34,7)40(31,6)22-23-42;1-3-2;4*1-2/h10-13,16,26,29,31-35,43H,8-9,14-15,17-25H2,1-7H3,(H,44,45)(H,46,47);3H,1H2,2H3;4*1-2H/t29?,31-,32?,33?,34?,35?,39+,40-,41-,42+;;;;;/m1...../s1. The van der Waals surface area contributed by atoms with Gasteiger partial charge in [0.25, 0.3) is 0 Å². The number of benzene rings is 1. The molecule has 1 saturated heterocycles. The number of fused-ring (bicyclic) bond motifs is 7. The molecule has 334 valence electrons. The normalized spacial score (nSPS) is 34.8. The zero-order chi connectivity index (χ0) is 46.8. The van der Waals surface area contributed by atoms with Gasteiger partial charge < -0.3 is 15.7 Å². The summed E-state index contributed by atoms with van der Waals surface area (Å²) in [7, 11) is -3.02. The van der Waals surface area contributed by atoms with Gasteiger partial charge in [-0.2, -0.15) is 0 Å². The van der Waals surface area contributed by atoms with Crippen LogP contribution in [0, 0.1) is 103 Å². The molecule has 3 N–H and O–H groups in total. The maximum Gasteiger partial charge on any atom is 0.335 e. The Kier molecular flexibility index (Phi) is 18.4. The van der Waals surface area contributed by atoms with Crippen molar-refractivity contribution in [1.29, 1.82) is 0 Å². The van der Waals surface area contributed by atoms with E-state index in [9.17, 15) is 23.1 Å². The number of aromatic carboxylic acids is 1. The summed E-state index contributed by atoms with van der Waals surface area (Å²) in [5.74, 6) is 1.85. The van der Waals surface area contributed by atoms with E-state index in [0.29, 0.717) is 35.7 Å². The maximum absolute atomic E-state index is 14.2. The Bertz CT molecular complexity index is 1880. The molecule has 0 spiro atoms. The molecule has 1 aromatic rings. The number of carboxylic acids is 1. The van der Waals surface area contributed by atoms with Crippen LogP contribution in [0.15, 0.2) is 43.0 Å². The molecule has 6 aliphatic rings. The van der Waals surface area contributed by atoms with Gasteiger partial charge in [0.2, 0.25) is 5.91 Å². The van der Waals surface area contributed by atoms with Crippen molar-refractivity contribution in [3.8, 4) is 51.4 Å². The van der Waals surface area contributed by atoms with E-state index in [2.05, 4.69) is 123 Å². The van der Waals surface area contributed by atoms with Crippen LogP contribution in [-0.2, 0) is 14.6 Å². The molecule has 1 amide bonds. The third kappa shape index (κ3) is 9.88. The van der Waals surface area contributed by atoms with Crippen LogP contribution in [0.5, 0.6) is 0 Å². The van der Waals surface area contributed by atoms with Crippen LogP contribution in [0.3, 0.4) is 0 Å². The SMILES string of the molecule is C#C.C#C.C#C.C#C.C=CC.CC(C)C(NC1CCS(=O)(=O)C1)C(=O)N[C@]12CCCC1[C@H]1CCC3[C@@]4(C)CC=C(c5ccc(C(=O)O)cc5)C(C)(C)C4CC[C@@]3(C)[C@]1(C)CC2. The van der Waals surface area contributed by atoms with Crippen molar-refractivity contribution in [2.24, 2.45) is 51.2 Å². The number of terminal acetylenes is 4. The Hall–Kier alpha value is -4.21. The van der Waals surface area contributed by atoms with Gasteiger partial charge in [0, 0.05) is 11.6 Å². The van der Waals surface area contributed by atoms with Crippen LogP contribution in [0.1, 0.15) is 142 Å². The van der Waals surface area contributed by atoms with Gasteiger partial charge in [0.05, 0.1) is 23.1 Å². The summed E-state index contributed by atoms with van der Waals surface area (Å²) < 4.78 is 24.4. The predicted molar refractivity (Wildman–Crippen MR) is 255 cm³/mol. The van der Waals surface area contributed by atoms with E-state index < -0.39 is 15.8 Å². The first kappa shape index (κ1) is 52.9. The Morgan fingerprint density at radius 3 is 1.92 bits per heavy atom. The summed E-state index contributed by atoms with van der Waals surface area (Å²) in [6.45, 7) is 22.1. The smallest absolute Gasteiger partial charge is 0.335 e. The van der Waals surface area contributed by atoms with E-state index in [1.54, 1.807) is 18.2 Å². The summed E-state index contributed by atoms with van der Waals surface area (Å²) in [4.78, 5) is 25.7. The zero-order valence-electron chi connectivity index (χ0n) is 38.5. The van der Waals surface area contributed by atoms with E-state index in [1.165, 1.54) is 37.7 Å². The zero-order valence-corrected chi connectivity index (χ0v) is 39.3. The highest BCUT2D eigenvalue weighted by Crippen LogP contribution is 2.76. The first-order valence-corrected chi connectivity index (χ1v) is 23.8. The molecule has 1 aliphatic heterocycles. The third-order valence-electron chi connectivity index (χ3n) is 16.4. The van der Waals surface area contributed by atoms with Gasteiger partial charge in [0.15, 0.2) is 9.84 Å². The number of carbonyl (C=O) groups is 2. The molecule has 5 unspecified atom stereocenters. The molecule has 0 aromatic heterocycles. The van der Waals surface area contributed by atoms with E-state index in [0.717, 1.165) is 37.7 Å². The Balaban J connectivity index is 0.00000107. The average Bonchev–Trinajstić information content (AvgIpc) is 3.82. The Morgan fingerprint density at radius 1 is 0.803 bits per heavy atom. The van der Waals surface area contributed by atoms with Crippen LogP contribution in [0.4, 0.5) is 0 Å². The highest BCUT2D eigenvalue weighted by atomic mass is 32.2. The van der Waals surface area contributed by atoms with Crippen LogP contribution in [0.2, 0.25) is 0 Å². The summed E-state index contributed by atoms with van der Waals surface area (Å²) in [6, 6.07) is 6.98. The lowest BCUT2D eigenvalue weighted by Crippen LogP contribution is -2.68. The summed E-state index contributed by atoms with van der Waals surface area (Å²) in [6.07, 6.45) is 48.4. The van der Waals surface area contributed by atoms with Crippen LogP contribution in [-0.4, -0.2) is 54.5 Å². The van der Waals surface area contributed by atoms with Crippen LogP contribution in [0.25, 0.3) is 5.57 Å². The second-order valence-electron chi connectivity index (χ2n) is 19.6. The minimum Gasteiger partial charge on any atom is -0.478 e. The monoisotopic (exact) mass is 853 g/mol. The molecule has 7 nitrogen and oxygen atoms in total. The molecule has 61 heavy (non-hydrogen) atoms. The maximum atomic E-state index is 14.2. The van der Waals surface area contributed by atoms with E-state index in [-0.39, 0.29) is 62.6 Å². The lowest BCUT2D eigenvalue weighted by atomic mass is 9.33. The van der Waals surface area contributed by atoms with Crippen molar-refractivity contribution in [1.82, 2.24) is 10.6 Å². The van der Waals surface area contributed by atoms with Gasteiger partial charge in [-0.05, 0) is 146 Å². The first-order valence-electron chi connectivity index (χ1n) is 22.0. The molecular formula is C53H76N2O5S. The van der Waals surface area contributed by atoms with Crippen LogP contribution < -0.4 is 10.6 Å². The fourth-order valence-corrected chi connectivity index (χ4v) is 15.4. The number of hydrogen-bond donors (Lipinski definition) is 3. The molecule has 5 aliphatic carbocycles. The number of sulfone groups is 1. The van der Waals surface area contributed by atoms with Gasteiger partial charge >= 0.3 is 5.97 Å². The van der Waals surface area contributed by atoms with Crippen LogP contribution >= 0.6 is 0 Å². The minimum atomic E-state index is -3.02. The number of carbonyl (C=O) groups excluding carboxylic acids is 1. The summed E-state index contributed by atoms with van der Waals surface area (Å²) >= 11 is 0. The highest BCUT2D eigenvalue weighted by molar-refractivity contribution is 7.91. The van der Waals surface area contributed by atoms with Crippen molar-refractivity contribution in [2.45, 2.75) is 144 Å². The quantitative estimate of drug-likeness (QED) is 0.186. The lowest BCUT2D eigenvalue weighted by Gasteiger charge is -2.72. The Morgan fingerprint density at radius 2 is 1.39 bits per heavy atom. The van der Waals surface area contributed by atoms with E-state index in [4.69, 9.17) is 0 Å². The number of carboxylic acid groups (broad SMARTS) is 1. The second-order valence-corrected chi connectivity index (χ2v) is 21.9. The number of rotatable bonds is 7. The van der Waals surface area contributed by atoms with Crippen molar-refractivity contribution < 1.29 is 23.1 Å². The molecule has 0 radical (unpaired) electrons. The van der Waals surface area contributed by atoms with Gasteiger partial charge in [-0.1, -0.05) is 79.2 Å². The predicted octanol–water partition coefficient (Wildman–Crippen LogP) is 10.1. The molecule has 0 bridgehead atoms. The van der Waals surface area contributed by atoms with E-state index >= 15 is 0 Å². The minimum absolute atomic E-state index is 0.0159. The third-order valence-corrected chi connectivity index (χ3v) is 18.1. The van der Waals surface area contributed by atoms with Crippen molar-refractivity contribution in [2.75, 3.05) is 11.5 Å². The van der Waals surface area contributed by atoms with Crippen molar-refractivity contribution in [3.63, 3.8) is 0 Å². The Labute approximate surface area is 371 Å². The van der Waals surface area contributed by atoms with Gasteiger partial charge in [0.1, 0.15) is 0 Å². The fourth-order valence-electron chi connectivity index (χ4n) is 13.8. The lowest BCUT2D eigenvalue weighted by molar-refractivity contribution is -0.217. The largest absolute Gasteiger partial charge is 0.478 e. The number of nitrogens with one attached hydrogen (secondary N) is 2. The topological polar surface area (TPSA) is 113 Å². The second kappa shape index (κ2) is 21.2. The first-order chi connectivity index (χ1) is 28.8. The van der Waals surface area contributed by atoms with Gasteiger partial charge in [-0.25, -0.2) is 13.2 Å². The van der Waals surface area contributed by atoms with Gasteiger partial charge in [-0.15, -0.1) is 58.0 Å².